The zero-order valence-electron chi connectivity index (χ0n) is 17.4. The standard InChI is InChI=1S/C24H29N3O/c1-16-9-17(2)13-21(12-16)26-24(28)25-14-22-7-6-8-27(22)15-23-19(4)10-18(3)11-20(23)5/h6-13H,14-15H2,1-5H3,(H2,25,26,28). The Morgan fingerprint density at radius 1 is 0.893 bits per heavy atom. The molecule has 0 unspecified atom stereocenters. The van der Waals surface area contributed by atoms with Gasteiger partial charge in [-0.3, -0.25) is 0 Å². The van der Waals surface area contributed by atoms with Gasteiger partial charge in [-0.1, -0.05) is 23.8 Å². The molecule has 28 heavy (non-hydrogen) atoms. The Morgan fingerprint density at radius 3 is 2.14 bits per heavy atom. The van der Waals surface area contributed by atoms with Crippen molar-refractivity contribution >= 4 is 11.7 Å². The molecule has 0 fully saturated rings. The Bertz CT molecular complexity index is 958. The highest BCUT2D eigenvalue weighted by Gasteiger charge is 2.09. The second kappa shape index (κ2) is 8.34. The summed E-state index contributed by atoms with van der Waals surface area (Å²) in [5.74, 6) is 0. The van der Waals surface area contributed by atoms with Crippen molar-refractivity contribution in [3.05, 3.63) is 87.7 Å². The van der Waals surface area contributed by atoms with Gasteiger partial charge in [0.25, 0.3) is 0 Å². The predicted molar refractivity (Wildman–Crippen MR) is 116 cm³/mol. The third kappa shape index (κ3) is 4.83. The van der Waals surface area contributed by atoms with E-state index in [9.17, 15) is 4.79 Å². The molecule has 146 valence electrons. The van der Waals surface area contributed by atoms with E-state index in [0.717, 1.165) is 29.1 Å². The number of nitrogens with one attached hydrogen (secondary N) is 2. The Balaban J connectivity index is 1.65. The van der Waals surface area contributed by atoms with Crippen LogP contribution in [0.5, 0.6) is 0 Å². The monoisotopic (exact) mass is 375 g/mol. The van der Waals surface area contributed by atoms with Crippen LogP contribution in [0.1, 0.15) is 39.1 Å². The van der Waals surface area contributed by atoms with Crippen LogP contribution in [0.4, 0.5) is 10.5 Å². The van der Waals surface area contributed by atoms with Gasteiger partial charge in [0.2, 0.25) is 0 Å². The third-order valence-electron chi connectivity index (χ3n) is 5.00. The van der Waals surface area contributed by atoms with Crippen LogP contribution in [0, 0.1) is 34.6 Å². The molecule has 2 N–H and O–H groups in total. The molecule has 0 spiro atoms. The van der Waals surface area contributed by atoms with Crippen molar-refractivity contribution in [2.24, 2.45) is 0 Å². The summed E-state index contributed by atoms with van der Waals surface area (Å²) in [4.78, 5) is 12.3. The molecule has 0 aliphatic carbocycles. The molecule has 0 bridgehead atoms. The summed E-state index contributed by atoms with van der Waals surface area (Å²) >= 11 is 0. The fraction of sp³-hybridized carbons (Fsp3) is 0.292. The fourth-order valence-electron chi connectivity index (χ4n) is 3.79. The van der Waals surface area contributed by atoms with Crippen molar-refractivity contribution in [1.82, 2.24) is 9.88 Å². The van der Waals surface area contributed by atoms with E-state index in [1.165, 1.54) is 22.3 Å². The van der Waals surface area contributed by atoms with Crippen LogP contribution in [0.2, 0.25) is 0 Å². The van der Waals surface area contributed by atoms with Gasteiger partial charge in [0.15, 0.2) is 0 Å². The number of aromatic nitrogens is 1. The number of hydrogen-bond acceptors (Lipinski definition) is 1. The highest BCUT2D eigenvalue weighted by Crippen LogP contribution is 2.19. The zero-order valence-corrected chi connectivity index (χ0v) is 17.4. The summed E-state index contributed by atoms with van der Waals surface area (Å²) in [6.45, 7) is 11.8. The van der Waals surface area contributed by atoms with Gasteiger partial charge in [-0.25, -0.2) is 4.79 Å². The number of benzene rings is 2. The summed E-state index contributed by atoms with van der Waals surface area (Å²) in [5.41, 5.74) is 9.39. The number of nitrogens with zero attached hydrogens (tertiary/aromatic N) is 1. The Labute approximate surface area is 167 Å². The van der Waals surface area contributed by atoms with Crippen LogP contribution < -0.4 is 10.6 Å². The number of hydrogen-bond donors (Lipinski definition) is 2. The molecule has 2 aromatic carbocycles. The molecule has 0 aliphatic rings. The van der Waals surface area contributed by atoms with Gasteiger partial charge in [0, 0.05) is 24.1 Å². The summed E-state index contributed by atoms with van der Waals surface area (Å²) < 4.78 is 2.20. The average Bonchev–Trinajstić information content (AvgIpc) is 3.02. The zero-order chi connectivity index (χ0) is 20.3. The lowest BCUT2D eigenvalue weighted by Crippen LogP contribution is -2.29. The van der Waals surface area contributed by atoms with Crippen LogP contribution in [-0.4, -0.2) is 10.6 Å². The number of amides is 2. The van der Waals surface area contributed by atoms with Gasteiger partial charge in [-0.05, 0) is 86.7 Å². The van der Waals surface area contributed by atoms with Gasteiger partial charge in [0.05, 0.1) is 6.54 Å². The molecule has 0 radical (unpaired) electrons. The molecule has 0 saturated carbocycles. The lowest BCUT2D eigenvalue weighted by atomic mass is 10.00. The SMILES string of the molecule is Cc1cc(C)cc(NC(=O)NCc2cccn2Cc2c(C)cc(C)cc2C)c1. The largest absolute Gasteiger partial charge is 0.345 e. The minimum absolute atomic E-state index is 0.194. The summed E-state index contributed by atoms with van der Waals surface area (Å²) in [6.07, 6.45) is 2.07. The first-order valence-electron chi connectivity index (χ1n) is 9.65. The molecular formula is C24H29N3O. The number of carbonyl (C=O) groups excluding carboxylic acids is 1. The van der Waals surface area contributed by atoms with E-state index >= 15 is 0 Å². The number of aryl methyl sites for hydroxylation is 5. The topological polar surface area (TPSA) is 46.1 Å². The van der Waals surface area contributed by atoms with E-state index in [4.69, 9.17) is 0 Å². The molecule has 4 nitrogen and oxygen atoms in total. The van der Waals surface area contributed by atoms with E-state index in [1.807, 2.05) is 32.0 Å². The van der Waals surface area contributed by atoms with Crippen molar-refractivity contribution in [2.75, 3.05) is 5.32 Å². The van der Waals surface area contributed by atoms with Crippen LogP contribution >= 0.6 is 0 Å². The highest BCUT2D eigenvalue weighted by atomic mass is 16.2. The van der Waals surface area contributed by atoms with Crippen LogP contribution in [0.3, 0.4) is 0 Å². The molecule has 2 amide bonds. The van der Waals surface area contributed by atoms with Crippen molar-refractivity contribution in [3.8, 4) is 0 Å². The first kappa shape index (κ1) is 19.7. The van der Waals surface area contributed by atoms with E-state index in [2.05, 4.69) is 66.4 Å². The van der Waals surface area contributed by atoms with Gasteiger partial charge < -0.3 is 15.2 Å². The van der Waals surface area contributed by atoms with Crippen LogP contribution in [0.15, 0.2) is 48.7 Å². The quantitative estimate of drug-likeness (QED) is 0.616. The fourth-order valence-corrected chi connectivity index (χ4v) is 3.79. The van der Waals surface area contributed by atoms with E-state index in [0.29, 0.717) is 6.54 Å². The van der Waals surface area contributed by atoms with E-state index in [-0.39, 0.29) is 6.03 Å². The molecule has 0 saturated heterocycles. The van der Waals surface area contributed by atoms with Crippen molar-refractivity contribution in [1.29, 1.82) is 0 Å². The highest BCUT2D eigenvalue weighted by molar-refractivity contribution is 5.89. The molecule has 0 atom stereocenters. The molecule has 3 aromatic rings. The minimum Gasteiger partial charge on any atom is -0.345 e. The van der Waals surface area contributed by atoms with Crippen LogP contribution in [-0.2, 0) is 13.1 Å². The lowest BCUT2D eigenvalue weighted by Gasteiger charge is -2.15. The predicted octanol–water partition coefficient (Wildman–Crippen LogP) is 5.40. The maximum absolute atomic E-state index is 12.3. The smallest absolute Gasteiger partial charge is 0.319 e. The summed E-state index contributed by atoms with van der Waals surface area (Å²) in [5, 5.41) is 5.89. The first-order valence-corrected chi connectivity index (χ1v) is 9.65. The molecular weight excluding hydrogens is 346 g/mol. The maximum Gasteiger partial charge on any atom is 0.319 e. The average molecular weight is 376 g/mol. The Morgan fingerprint density at radius 2 is 1.50 bits per heavy atom. The number of rotatable bonds is 5. The van der Waals surface area contributed by atoms with Crippen LogP contribution in [0.25, 0.3) is 0 Å². The second-order valence-electron chi connectivity index (χ2n) is 7.69. The van der Waals surface area contributed by atoms with Crippen molar-refractivity contribution in [2.45, 2.75) is 47.7 Å². The normalized spacial score (nSPS) is 10.8. The Kier molecular flexibility index (Phi) is 5.88. The van der Waals surface area contributed by atoms with Crippen molar-refractivity contribution in [3.63, 3.8) is 0 Å². The number of carbonyl (C=O) groups is 1. The molecule has 3 rings (SSSR count). The molecule has 1 aromatic heterocycles. The molecule has 1 heterocycles. The molecule has 0 aliphatic heterocycles. The summed E-state index contributed by atoms with van der Waals surface area (Å²) in [6, 6.07) is 14.4. The lowest BCUT2D eigenvalue weighted by molar-refractivity contribution is 0.251. The number of anilines is 1. The van der Waals surface area contributed by atoms with Gasteiger partial charge in [-0.15, -0.1) is 0 Å². The second-order valence-corrected chi connectivity index (χ2v) is 7.69. The third-order valence-corrected chi connectivity index (χ3v) is 5.00. The Hall–Kier alpha value is -3.01. The van der Waals surface area contributed by atoms with Gasteiger partial charge in [-0.2, -0.15) is 0 Å². The maximum atomic E-state index is 12.3. The van der Waals surface area contributed by atoms with Gasteiger partial charge >= 0.3 is 6.03 Å². The number of urea groups is 1. The van der Waals surface area contributed by atoms with Crippen molar-refractivity contribution < 1.29 is 4.79 Å². The molecule has 4 heteroatoms. The first-order chi connectivity index (χ1) is 13.3. The van der Waals surface area contributed by atoms with E-state index < -0.39 is 0 Å². The van der Waals surface area contributed by atoms with E-state index in [1.54, 1.807) is 0 Å². The summed E-state index contributed by atoms with van der Waals surface area (Å²) in [7, 11) is 0. The minimum atomic E-state index is -0.194. The van der Waals surface area contributed by atoms with Gasteiger partial charge in [0.1, 0.15) is 0 Å².